The smallest absolute Gasteiger partial charge is 0.325 e. The van der Waals surface area contributed by atoms with Crippen molar-refractivity contribution in [2.45, 2.75) is 45.6 Å². The van der Waals surface area contributed by atoms with E-state index in [0.717, 1.165) is 17.7 Å². The molecule has 0 bridgehead atoms. The average molecular weight is 454 g/mol. The Morgan fingerprint density at radius 2 is 1.64 bits per heavy atom. The van der Waals surface area contributed by atoms with Crippen LogP contribution in [0.25, 0.3) is 0 Å². The summed E-state index contributed by atoms with van der Waals surface area (Å²) in [5.74, 6) is 0.217. The fourth-order valence-electron chi connectivity index (χ4n) is 3.72. The first-order valence-electron chi connectivity index (χ1n) is 11.3. The number of hydrogen-bond acceptors (Lipinski definition) is 5. The zero-order chi connectivity index (χ0) is 23.8. The lowest BCUT2D eigenvalue weighted by molar-refractivity contribution is -0.134. The molecule has 33 heavy (non-hydrogen) atoms. The molecule has 176 valence electrons. The van der Waals surface area contributed by atoms with E-state index in [-0.39, 0.29) is 0 Å². The van der Waals surface area contributed by atoms with Crippen molar-refractivity contribution in [2.75, 3.05) is 25.1 Å². The SMILES string of the molecule is CCCOc1ccc(NC(=O)CN2C(=O)NC(CC)(c3ccccc3)C2=O)cc1OCCC. The third-order valence-corrected chi connectivity index (χ3v) is 5.43. The van der Waals surface area contributed by atoms with Crippen molar-refractivity contribution in [1.29, 1.82) is 0 Å². The van der Waals surface area contributed by atoms with Crippen LogP contribution in [0.5, 0.6) is 11.5 Å². The van der Waals surface area contributed by atoms with Gasteiger partial charge in [-0.2, -0.15) is 0 Å². The summed E-state index contributed by atoms with van der Waals surface area (Å²) in [6.45, 7) is 6.53. The maximum atomic E-state index is 13.2. The number of rotatable bonds is 11. The van der Waals surface area contributed by atoms with E-state index in [0.29, 0.717) is 42.4 Å². The van der Waals surface area contributed by atoms with Gasteiger partial charge in [0.05, 0.1) is 13.2 Å². The number of benzene rings is 2. The molecule has 4 amide bonds. The number of ether oxygens (including phenoxy) is 2. The lowest BCUT2D eigenvalue weighted by Crippen LogP contribution is -2.44. The first-order valence-corrected chi connectivity index (χ1v) is 11.3. The Morgan fingerprint density at radius 3 is 2.27 bits per heavy atom. The summed E-state index contributed by atoms with van der Waals surface area (Å²) in [6, 6.07) is 13.6. The average Bonchev–Trinajstić information content (AvgIpc) is 3.07. The largest absolute Gasteiger partial charge is 0.490 e. The van der Waals surface area contributed by atoms with Crippen molar-refractivity contribution in [1.82, 2.24) is 10.2 Å². The second-order valence-electron chi connectivity index (χ2n) is 7.85. The number of urea groups is 1. The molecule has 1 saturated heterocycles. The minimum Gasteiger partial charge on any atom is -0.490 e. The lowest BCUT2D eigenvalue weighted by Gasteiger charge is -2.25. The Balaban J connectivity index is 1.72. The monoisotopic (exact) mass is 453 g/mol. The normalized spacial score (nSPS) is 17.6. The van der Waals surface area contributed by atoms with Gasteiger partial charge in [0.1, 0.15) is 12.1 Å². The van der Waals surface area contributed by atoms with E-state index < -0.39 is 29.9 Å². The van der Waals surface area contributed by atoms with Gasteiger partial charge in [-0.1, -0.05) is 51.1 Å². The zero-order valence-corrected chi connectivity index (χ0v) is 19.3. The topological polar surface area (TPSA) is 97.0 Å². The predicted molar refractivity (Wildman–Crippen MR) is 125 cm³/mol. The number of carbonyl (C=O) groups excluding carboxylic acids is 3. The number of imide groups is 1. The molecule has 1 heterocycles. The van der Waals surface area contributed by atoms with Crippen LogP contribution in [-0.4, -0.2) is 42.5 Å². The Kier molecular flexibility index (Phi) is 7.92. The van der Waals surface area contributed by atoms with Gasteiger partial charge >= 0.3 is 6.03 Å². The Labute approximate surface area is 194 Å². The molecule has 1 aliphatic rings. The zero-order valence-electron chi connectivity index (χ0n) is 19.3. The Bertz CT molecular complexity index is 995. The second-order valence-corrected chi connectivity index (χ2v) is 7.85. The maximum absolute atomic E-state index is 13.2. The summed E-state index contributed by atoms with van der Waals surface area (Å²) in [5, 5.41) is 5.53. The van der Waals surface area contributed by atoms with Crippen LogP contribution in [0.4, 0.5) is 10.5 Å². The van der Waals surface area contributed by atoms with E-state index in [2.05, 4.69) is 10.6 Å². The summed E-state index contributed by atoms with van der Waals surface area (Å²) < 4.78 is 11.5. The van der Waals surface area contributed by atoms with Crippen LogP contribution in [0, 0.1) is 0 Å². The molecular weight excluding hydrogens is 422 g/mol. The summed E-state index contributed by atoms with van der Waals surface area (Å²) in [7, 11) is 0. The summed E-state index contributed by atoms with van der Waals surface area (Å²) in [5.41, 5.74) is 0.0128. The minimum atomic E-state index is -1.17. The quantitative estimate of drug-likeness (QED) is 0.500. The summed E-state index contributed by atoms with van der Waals surface area (Å²) >= 11 is 0. The van der Waals surface area contributed by atoms with E-state index in [1.54, 1.807) is 30.3 Å². The molecule has 0 saturated carbocycles. The number of amides is 4. The fourth-order valence-corrected chi connectivity index (χ4v) is 3.72. The highest BCUT2D eigenvalue weighted by Crippen LogP contribution is 2.33. The molecule has 1 atom stereocenters. The maximum Gasteiger partial charge on any atom is 0.325 e. The van der Waals surface area contributed by atoms with Crippen molar-refractivity contribution in [2.24, 2.45) is 0 Å². The fraction of sp³-hybridized carbons (Fsp3) is 0.400. The van der Waals surface area contributed by atoms with Crippen molar-refractivity contribution in [3.05, 3.63) is 54.1 Å². The van der Waals surface area contributed by atoms with Crippen molar-refractivity contribution in [3.63, 3.8) is 0 Å². The molecule has 2 aromatic rings. The van der Waals surface area contributed by atoms with Gasteiger partial charge in [0.15, 0.2) is 11.5 Å². The van der Waals surface area contributed by atoms with Gasteiger partial charge in [-0.05, 0) is 37.0 Å². The van der Waals surface area contributed by atoms with Gasteiger partial charge in [0, 0.05) is 11.8 Å². The van der Waals surface area contributed by atoms with Crippen LogP contribution in [0.3, 0.4) is 0 Å². The van der Waals surface area contributed by atoms with E-state index in [1.807, 2.05) is 39.0 Å². The highest BCUT2D eigenvalue weighted by atomic mass is 16.5. The number of nitrogens with zero attached hydrogens (tertiary/aromatic N) is 1. The van der Waals surface area contributed by atoms with Gasteiger partial charge in [0.25, 0.3) is 5.91 Å². The standard InChI is InChI=1S/C25H31N3O5/c1-4-14-32-20-13-12-19(16-21(20)33-15-5-2)26-22(29)17-28-23(30)25(6-3,27-24(28)31)18-10-8-7-9-11-18/h7-13,16H,4-6,14-15,17H2,1-3H3,(H,26,29)(H,27,31). The van der Waals surface area contributed by atoms with Crippen molar-refractivity contribution in [3.8, 4) is 11.5 Å². The summed E-state index contributed by atoms with van der Waals surface area (Å²) in [4.78, 5) is 39.5. The molecule has 0 aliphatic carbocycles. The van der Waals surface area contributed by atoms with Crippen LogP contribution in [0.15, 0.2) is 48.5 Å². The highest BCUT2D eigenvalue weighted by Gasteiger charge is 2.51. The van der Waals surface area contributed by atoms with Crippen LogP contribution in [0.2, 0.25) is 0 Å². The first kappa shape index (κ1) is 24.1. The predicted octanol–water partition coefficient (Wildman–Crippen LogP) is 4.06. The molecule has 1 fully saturated rings. The molecule has 8 nitrogen and oxygen atoms in total. The summed E-state index contributed by atoms with van der Waals surface area (Å²) in [6.07, 6.45) is 2.06. The molecule has 1 aliphatic heterocycles. The van der Waals surface area contributed by atoms with Crippen LogP contribution < -0.4 is 20.1 Å². The molecule has 3 rings (SSSR count). The molecule has 2 N–H and O–H groups in total. The van der Waals surface area contributed by atoms with Gasteiger partial charge in [0.2, 0.25) is 5.91 Å². The minimum absolute atomic E-state index is 0.372. The third kappa shape index (κ3) is 5.27. The van der Waals surface area contributed by atoms with Crippen LogP contribution >= 0.6 is 0 Å². The van der Waals surface area contributed by atoms with E-state index in [9.17, 15) is 14.4 Å². The molecule has 0 aromatic heterocycles. The van der Waals surface area contributed by atoms with Gasteiger partial charge < -0.3 is 20.1 Å². The number of anilines is 1. The van der Waals surface area contributed by atoms with E-state index >= 15 is 0 Å². The second kappa shape index (κ2) is 10.8. The first-order chi connectivity index (χ1) is 15.9. The van der Waals surface area contributed by atoms with E-state index in [1.165, 1.54) is 0 Å². The van der Waals surface area contributed by atoms with Gasteiger partial charge in [-0.3, -0.25) is 14.5 Å². The lowest BCUT2D eigenvalue weighted by atomic mass is 9.87. The molecule has 2 aromatic carbocycles. The number of carbonyl (C=O) groups is 3. The van der Waals surface area contributed by atoms with Crippen molar-refractivity contribution >= 4 is 23.5 Å². The van der Waals surface area contributed by atoms with Gasteiger partial charge in [-0.15, -0.1) is 0 Å². The molecule has 8 heteroatoms. The number of hydrogen-bond donors (Lipinski definition) is 2. The molecule has 1 unspecified atom stereocenters. The van der Waals surface area contributed by atoms with Gasteiger partial charge in [-0.25, -0.2) is 4.79 Å². The third-order valence-electron chi connectivity index (χ3n) is 5.43. The van der Waals surface area contributed by atoms with Crippen LogP contribution in [0.1, 0.15) is 45.6 Å². The van der Waals surface area contributed by atoms with Crippen molar-refractivity contribution < 1.29 is 23.9 Å². The number of nitrogens with one attached hydrogen (secondary N) is 2. The van der Waals surface area contributed by atoms with E-state index in [4.69, 9.17) is 9.47 Å². The highest BCUT2D eigenvalue weighted by molar-refractivity contribution is 6.10. The van der Waals surface area contributed by atoms with Crippen LogP contribution in [-0.2, 0) is 15.1 Å². The molecule has 0 radical (unpaired) electrons. The Morgan fingerprint density at radius 1 is 0.970 bits per heavy atom. The molecular formula is C25H31N3O5. The molecule has 0 spiro atoms. The Hall–Kier alpha value is -3.55.